The molecule has 2 rings (SSSR count). The first kappa shape index (κ1) is 14.4. The van der Waals surface area contributed by atoms with Crippen LogP contribution in [0.3, 0.4) is 0 Å². The molecule has 2 N–H and O–H groups in total. The van der Waals surface area contributed by atoms with Gasteiger partial charge in [0.15, 0.2) is 0 Å². The van der Waals surface area contributed by atoms with E-state index in [4.69, 9.17) is 5.11 Å². The number of aromatic carboxylic acids is 1. The highest BCUT2D eigenvalue weighted by Crippen LogP contribution is 2.09. The van der Waals surface area contributed by atoms with E-state index < -0.39 is 17.7 Å². The van der Waals surface area contributed by atoms with E-state index in [2.05, 4.69) is 10.3 Å². The largest absolute Gasteiger partial charge is 0.477 e. The first-order valence-corrected chi connectivity index (χ1v) is 5.99. The summed E-state index contributed by atoms with van der Waals surface area (Å²) < 4.78 is 13.3. The number of benzene rings is 1. The number of carbonyl (C=O) groups excluding carboxylic acids is 1. The molecular weight excluding hydrogens is 275 g/mol. The van der Waals surface area contributed by atoms with Crippen molar-refractivity contribution in [2.45, 2.75) is 0 Å². The van der Waals surface area contributed by atoms with Gasteiger partial charge in [0.1, 0.15) is 11.5 Å². The minimum absolute atomic E-state index is 0.116. The van der Waals surface area contributed by atoms with Gasteiger partial charge in [0.05, 0.1) is 11.9 Å². The van der Waals surface area contributed by atoms with Gasteiger partial charge in [-0.15, -0.1) is 0 Å². The number of rotatable bonds is 4. The molecule has 5 nitrogen and oxygen atoms in total. The molecule has 106 valence electrons. The molecule has 6 heteroatoms. The lowest BCUT2D eigenvalue weighted by atomic mass is 10.2. The number of amides is 1. The van der Waals surface area contributed by atoms with Gasteiger partial charge in [-0.05, 0) is 24.3 Å². The minimum Gasteiger partial charge on any atom is -0.477 e. The number of hydrogen-bond donors (Lipinski definition) is 2. The number of aromatic nitrogens is 1. The average Bonchev–Trinajstić information content (AvgIpc) is 2.47. The zero-order valence-electron chi connectivity index (χ0n) is 10.8. The molecule has 0 aliphatic carbocycles. The smallest absolute Gasteiger partial charge is 0.354 e. The summed E-state index contributed by atoms with van der Waals surface area (Å²) in [6, 6.07) is 8.76. The Bertz CT molecular complexity index is 696. The predicted molar refractivity (Wildman–Crippen MR) is 75.3 cm³/mol. The second kappa shape index (κ2) is 6.42. The van der Waals surface area contributed by atoms with Crippen molar-refractivity contribution >= 4 is 23.6 Å². The van der Waals surface area contributed by atoms with Crippen LogP contribution in [-0.2, 0) is 4.79 Å². The summed E-state index contributed by atoms with van der Waals surface area (Å²) in [6.07, 6.45) is 3.77. The molecule has 0 bridgehead atoms. The normalized spacial score (nSPS) is 10.5. The van der Waals surface area contributed by atoms with Gasteiger partial charge < -0.3 is 10.4 Å². The monoisotopic (exact) mass is 286 g/mol. The Balaban J connectivity index is 2.02. The van der Waals surface area contributed by atoms with Crippen LogP contribution < -0.4 is 5.32 Å². The highest BCUT2D eigenvalue weighted by atomic mass is 19.1. The number of anilines is 1. The molecule has 0 fully saturated rings. The van der Waals surface area contributed by atoms with E-state index in [-0.39, 0.29) is 5.69 Å². The number of carboxylic acid groups (broad SMARTS) is 1. The molecule has 1 aromatic heterocycles. The van der Waals surface area contributed by atoms with Crippen molar-refractivity contribution in [2.75, 3.05) is 5.32 Å². The van der Waals surface area contributed by atoms with Crippen LogP contribution in [0.2, 0.25) is 0 Å². The molecule has 21 heavy (non-hydrogen) atoms. The van der Waals surface area contributed by atoms with Crippen molar-refractivity contribution in [1.82, 2.24) is 4.98 Å². The van der Waals surface area contributed by atoms with Gasteiger partial charge in [0, 0.05) is 11.6 Å². The fraction of sp³-hybridized carbons (Fsp3) is 0. The quantitative estimate of drug-likeness (QED) is 0.847. The molecule has 0 saturated carbocycles. The van der Waals surface area contributed by atoms with Gasteiger partial charge in [0.25, 0.3) is 0 Å². The zero-order valence-corrected chi connectivity index (χ0v) is 10.8. The molecule has 0 aliphatic heterocycles. The van der Waals surface area contributed by atoms with E-state index in [1.165, 1.54) is 36.5 Å². The highest BCUT2D eigenvalue weighted by Gasteiger charge is 2.04. The Hall–Kier alpha value is -3.02. The van der Waals surface area contributed by atoms with E-state index in [9.17, 15) is 14.0 Å². The van der Waals surface area contributed by atoms with Crippen LogP contribution in [0.25, 0.3) is 6.08 Å². The summed E-state index contributed by atoms with van der Waals surface area (Å²) in [5.41, 5.74) is 0.532. The van der Waals surface area contributed by atoms with Crippen molar-refractivity contribution < 1.29 is 19.1 Å². The van der Waals surface area contributed by atoms with Gasteiger partial charge in [-0.2, -0.15) is 0 Å². The molecule has 0 spiro atoms. The lowest BCUT2D eigenvalue weighted by molar-refractivity contribution is -0.111. The summed E-state index contributed by atoms with van der Waals surface area (Å²) in [5, 5.41) is 11.2. The second-order valence-corrected chi connectivity index (χ2v) is 4.08. The van der Waals surface area contributed by atoms with Gasteiger partial charge in [-0.1, -0.05) is 18.2 Å². The first-order valence-electron chi connectivity index (χ1n) is 5.99. The Morgan fingerprint density at radius 1 is 1.19 bits per heavy atom. The number of pyridine rings is 1. The third-order valence-corrected chi connectivity index (χ3v) is 2.57. The third kappa shape index (κ3) is 3.97. The summed E-state index contributed by atoms with van der Waals surface area (Å²) in [5.74, 6) is -2.04. The number of nitrogens with zero attached hydrogens (tertiary/aromatic N) is 1. The molecule has 0 radical (unpaired) electrons. The van der Waals surface area contributed by atoms with Crippen LogP contribution in [0.4, 0.5) is 10.1 Å². The van der Waals surface area contributed by atoms with Crippen LogP contribution in [-0.4, -0.2) is 22.0 Å². The number of nitrogens with one attached hydrogen (secondary N) is 1. The minimum atomic E-state index is -1.15. The fourth-order valence-electron chi connectivity index (χ4n) is 1.55. The predicted octanol–water partition coefficient (Wildman–Crippen LogP) is 2.57. The van der Waals surface area contributed by atoms with Crippen molar-refractivity contribution in [2.24, 2.45) is 0 Å². The van der Waals surface area contributed by atoms with Gasteiger partial charge in [-0.3, -0.25) is 4.79 Å². The van der Waals surface area contributed by atoms with E-state index in [0.717, 1.165) is 0 Å². The van der Waals surface area contributed by atoms with Crippen LogP contribution in [0.5, 0.6) is 0 Å². The van der Waals surface area contributed by atoms with Crippen LogP contribution in [0.1, 0.15) is 16.1 Å². The van der Waals surface area contributed by atoms with Crippen LogP contribution in [0, 0.1) is 5.82 Å². The lowest BCUT2D eigenvalue weighted by Crippen LogP contribution is -2.09. The topological polar surface area (TPSA) is 79.3 Å². The highest BCUT2D eigenvalue weighted by molar-refractivity contribution is 6.02. The Kier molecular flexibility index (Phi) is 4.40. The summed E-state index contributed by atoms with van der Waals surface area (Å²) in [6.45, 7) is 0. The zero-order chi connectivity index (χ0) is 15.2. The van der Waals surface area contributed by atoms with Crippen molar-refractivity contribution in [3.8, 4) is 0 Å². The number of carboxylic acids is 1. The Morgan fingerprint density at radius 2 is 1.95 bits per heavy atom. The fourth-order valence-corrected chi connectivity index (χ4v) is 1.55. The maximum absolute atomic E-state index is 13.3. The molecular formula is C15H11FN2O3. The molecule has 0 aliphatic rings. The van der Waals surface area contributed by atoms with Crippen molar-refractivity contribution in [3.05, 3.63) is 65.7 Å². The molecule has 1 aromatic carbocycles. The Labute approximate surface area is 119 Å². The molecule has 0 unspecified atom stereocenters. The van der Waals surface area contributed by atoms with Crippen molar-refractivity contribution in [3.63, 3.8) is 0 Å². The standard InChI is InChI=1S/C15H11FN2O3/c16-12-4-2-1-3-10(12)5-8-14(19)18-11-6-7-13(15(20)21)17-9-11/h1-9H,(H,18,19)(H,20,21)/b8-5+. The van der Waals surface area contributed by atoms with E-state index in [0.29, 0.717) is 11.3 Å². The van der Waals surface area contributed by atoms with E-state index in [1.807, 2.05) is 0 Å². The third-order valence-electron chi connectivity index (χ3n) is 2.57. The van der Waals surface area contributed by atoms with E-state index >= 15 is 0 Å². The average molecular weight is 286 g/mol. The Morgan fingerprint density at radius 3 is 2.57 bits per heavy atom. The number of carbonyl (C=O) groups is 2. The lowest BCUT2D eigenvalue weighted by Gasteiger charge is -2.02. The van der Waals surface area contributed by atoms with Crippen molar-refractivity contribution in [1.29, 1.82) is 0 Å². The molecule has 2 aromatic rings. The maximum atomic E-state index is 13.3. The van der Waals surface area contributed by atoms with E-state index in [1.54, 1.807) is 18.2 Å². The summed E-state index contributed by atoms with van der Waals surface area (Å²) in [4.78, 5) is 25.9. The SMILES string of the molecule is O=C(/C=C/c1ccccc1F)Nc1ccc(C(=O)O)nc1. The molecule has 1 heterocycles. The number of hydrogen-bond acceptors (Lipinski definition) is 3. The molecule has 1 amide bonds. The summed E-state index contributed by atoms with van der Waals surface area (Å²) in [7, 11) is 0. The van der Waals surface area contributed by atoms with Gasteiger partial charge in [-0.25, -0.2) is 14.2 Å². The maximum Gasteiger partial charge on any atom is 0.354 e. The second-order valence-electron chi connectivity index (χ2n) is 4.08. The molecule has 0 saturated heterocycles. The van der Waals surface area contributed by atoms with Gasteiger partial charge in [0.2, 0.25) is 5.91 Å². The molecule has 0 atom stereocenters. The van der Waals surface area contributed by atoms with Crippen LogP contribution in [0.15, 0.2) is 48.7 Å². The van der Waals surface area contributed by atoms with Crippen LogP contribution >= 0.6 is 0 Å². The first-order chi connectivity index (χ1) is 10.1. The number of halogens is 1. The van der Waals surface area contributed by atoms with Gasteiger partial charge >= 0.3 is 5.97 Å². The summed E-state index contributed by atoms with van der Waals surface area (Å²) >= 11 is 0.